The van der Waals surface area contributed by atoms with Crippen LogP contribution in [0.15, 0.2) is 87.9 Å². The fourth-order valence-corrected chi connectivity index (χ4v) is 4.91. The summed E-state index contributed by atoms with van der Waals surface area (Å²) in [6, 6.07) is 26.3. The van der Waals surface area contributed by atoms with Gasteiger partial charge in [-0.1, -0.05) is 93.0 Å². The number of nitrogens with zero attached hydrogens (tertiary/aromatic N) is 6. The van der Waals surface area contributed by atoms with Crippen LogP contribution in [0.5, 0.6) is 0 Å². The fourth-order valence-electron chi connectivity index (χ4n) is 4.56. The van der Waals surface area contributed by atoms with Crippen molar-refractivity contribution >= 4 is 21.8 Å². The first-order valence-electron chi connectivity index (χ1n) is 13.4. The van der Waals surface area contributed by atoms with Crippen LogP contribution in [0.3, 0.4) is 0 Å². The van der Waals surface area contributed by atoms with Gasteiger partial charge in [0.05, 0.1) is 6.54 Å². The van der Waals surface area contributed by atoms with Gasteiger partial charge >= 0.3 is 0 Å². The number of aryl methyl sites for hydroxylation is 2. The third-order valence-corrected chi connectivity index (χ3v) is 7.25. The number of aromatic nitrogens is 4. The summed E-state index contributed by atoms with van der Waals surface area (Å²) in [6.07, 6.45) is 0. The number of alkyl halides is 1. The second-order valence-corrected chi connectivity index (χ2v) is 10.4. The maximum atomic E-state index is 12.5. The molecule has 9 nitrogen and oxygen atoms in total. The van der Waals surface area contributed by atoms with Gasteiger partial charge in [0.2, 0.25) is 29.3 Å². The summed E-state index contributed by atoms with van der Waals surface area (Å²) >= 11 is 3.41. The van der Waals surface area contributed by atoms with Crippen molar-refractivity contribution in [1.82, 2.24) is 30.1 Å². The minimum atomic E-state index is 0.176. The van der Waals surface area contributed by atoms with E-state index in [2.05, 4.69) is 65.4 Å². The molecule has 1 amide bonds. The molecule has 0 atom stereocenters. The summed E-state index contributed by atoms with van der Waals surface area (Å²) in [5.41, 5.74) is 5.42. The molecule has 210 valence electrons. The Kier molecular flexibility index (Phi) is 9.33. The molecular weight excluding hydrogens is 584 g/mol. The van der Waals surface area contributed by atoms with E-state index in [0.717, 1.165) is 41.7 Å². The lowest BCUT2D eigenvalue weighted by Crippen LogP contribution is -2.49. The van der Waals surface area contributed by atoms with E-state index in [1.807, 2.05) is 59.5 Å². The van der Waals surface area contributed by atoms with Crippen LogP contribution in [0.4, 0.5) is 0 Å². The van der Waals surface area contributed by atoms with Crippen LogP contribution in [0, 0.1) is 13.8 Å². The molecule has 41 heavy (non-hydrogen) atoms. The Morgan fingerprint density at radius 3 is 1.88 bits per heavy atom. The maximum Gasteiger partial charge on any atom is 0.237 e. The number of amides is 1. The van der Waals surface area contributed by atoms with E-state index in [-0.39, 0.29) is 5.91 Å². The third kappa shape index (κ3) is 7.74. The largest absolute Gasteiger partial charge is 0.339 e. The van der Waals surface area contributed by atoms with Gasteiger partial charge in [0.15, 0.2) is 0 Å². The summed E-state index contributed by atoms with van der Waals surface area (Å²) in [6.45, 7) is 7.03. The van der Waals surface area contributed by atoms with Gasteiger partial charge in [-0.3, -0.25) is 9.69 Å². The monoisotopic (exact) mass is 614 g/mol. The van der Waals surface area contributed by atoms with Gasteiger partial charge in [0.25, 0.3) is 0 Å². The molecule has 6 rings (SSSR count). The summed E-state index contributed by atoms with van der Waals surface area (Å²) in [5, 5.41) is 8.67. The van der Waals surface area contributed by atoms with Gasteiger partial charge in [-0.2, -0.15) is 9.97 Å². The van der Waals surface area contributed by atoms with Crippen molar-refractivity contribution < 1.29 is 13.8 Å². The normalized spacial score (nSPS) is 13.6. The van der Waals surface area contributed by atoms with Gasteiger partial charge in [0, 0.05) is 56.5 Å². The van der Waals surface area contributed by atoms with Crippen LogP contribution < -0.4 is 0 Å². The summed E-state index contributed by atoms with van der Waals surface area (Å²) < 4.78 is 9.98. The Hall–Kier alpha value is -4.15. The summed E-state index contributed by atoms with van der Waals surface area (Å²) in [7, 11) is 0. The van der Waals surface area contributed by atoms with E-state index >= 15 is 0 Å². The maximum absolute atomic E-state index is 12.5. The molecule has 0 spiro atoms. The second-order valence-electron chi connectivity index (χ2n) is 9.82. The van der Waals surface area contributed by atoms with E-state index in [0.29, 0.717) is 36.5 Å². The highest BCUT2D eigenvalue weighted by Crippen LogP contribution is 2.20. The zero-order valence-corrected chi connectivity index (χ0v) is 24.6. The molecule has 10 heteroatoms. The zero-order chi connectivity index (χ0) is 28.6. The van der Waals surface area contributed by atoms with E-state index in [1.54, 1.807) is 13.8 Å². The molecule has 1 fully saturated rings. The smallest absolute Gasteiger partial charge is 0.237 e. The van der Waals surface area contributed by atoms with Crippen molar-refractivity contribution in [1.29, 1.82) is 0 Å². The predicted octanol–water partition coefficient (Wildman–Crippen LogP) is 5.83. The molecule has 5 aromatic rings. The highest BCUT2D eigenvalue weighted by atomic mass is 79.9. The first-order chi connectivity index (χ1) is 20.0. The molecule has 1 saturated heterocycles. The van der Waals surface area contributed by atoms with Crippen molar-refractivity contribution in [3.05, 3.63) is 107 Å². The van der Waals surface area contributed by atoms with Crippen LogP contribution in [0.1, 0.15) is 28.5 Å². The number of carbonyl (C=O) groups excluding carboxylic acids is 1. The number of halogens is 1. The molecule has 0 bridgehead atoms. The van der Waals surface area contributed by atoms with Crippen molar-refractivity contribution in [3.8, 4) is 22.8 Å². The second kappa shape index (κ2) is 13.5. The molecular formula is C31H31BrN6O3. The minimum absolute atomic E-state index is 0.176. The van der Waals surface area contributed by atoms with Gasteiger partial charge in [-0.15, -0.1) is 0 Å². The molecule has 0 saturated carbocycles. The van der Waals surface area contributed by atoms with Crippen molar-refractivity contribution in [3.63, 3.8) is 0 Å². The SMILES string of the molecule is Cc1nc(-c2cccc(CBr)c2)no1.Cc1nc(-c2cccc(CN3CCN(Cc4ccccc4)C(=O)C3)c2)no1. The predicted molar refractivity (Wildman–Crippen MR) is 159 cm³/mol. The van der Waals surface area contributed by atoms with E-state index in [4.69, 9.17) is 9.05 Å². The van der Waals surface area contributed by atoms with Crippen molar-refractivity contribution in [2.45, 2.75) is 32.3 Å². The number of benzene rings is 3. The third-order valence-electron chi connectivity index (χ3n) is 6.60. The molecule has 1 aliphatic heterocycles. The van der Waals surface area contributed by atoms with E-state index in [1.165, 1.54) is 11.1 Å². The Labute approximate surface area is 247 Å². The van der Waals surface area contributed by atoms with Gasteiger partial charge in [0.1, 0.15) is 0 Å². The number of hydrogen-bond acceptors (Lipinski definition) is 8. The van der Waals surface area contributed by atoms with Crippen LogP contribution in [0.2, 0.25) is 0 Å². The molecule has 3 heterocycles. The molecule has 2 aromatic heterocycles. The molecule has 0 unspecified atom stereocenters. The molecule has 3 aromatic carbocycles. The minimum Gasteiger partial charge on any atom is -0.339 e. The lowest BCUT2D eigenvalue weighted by Gasteiger charge is -2.34. The topological polar surface area (TPSA) is 101 Å². The number of piperazine rings is 1. The Morgan fingerprint density at radius 1 is 0.732 bits per heavy atom. The molecule has 0 aliphatic carbocycles. The van der Waals surface area contributed by atoms with Crippen LogP contribution in [0.25, 0.3) is 22.8 Å². The molecule has 1 aliphatic rings. The van der Waals surface area contributed by atoms with Gasteiger partial charge in [-0.25, -0.2) is 0 Å². The Morgan fingerprint density at radius 2 is 1.32 bits per heavy atom. The Bertz CT molecular complexity index is 1590. The average Bonchev–Trinajstić information content (AvgIpc) is 3.64. The van der Waals surface area contributed by atoms with Crippen LogP contribution >= 0.6 is 15.9 Å². The first kappa shape index (κ1) is 28.4. The van der Waals surface area contributed by atoms with Crippen LogP contribution in [-0.2, 0) is 23.2 Å². The summed E-state index contributed by atoms with van der Waals surface area (Å²) in [5.74, 6) is 2.55. The van der Waals surface area contributed by atoms with Gasteiger partial charge in [-0.05, 0) is 28.8 Å². The van der Waals surface area contributed by atoms with Crippen LogP contribution in [-0.4, -0.2) is 55.6 Å². The van der Waals surface area contributed by atoms with Gasteiger partial charge < -0.3 is 13.9 Å². The zero-order valence-electron chi connectivity index (χ0n) is 23.0. The highest BCUT2D eigenvalue weighted by Gasteiger charge is 2.24. The molecule has 0 radical (unpaired) electrons. The van der Waals surface area contributed by atoms with E-state index in [9.17, 15) is 4.79 Å². The highest BCUT2D eigenvalue weighted by molar-refractivity contribution is 9.08. The quantitative estimate of drug-likeness (QED) is 0.211. The Balaban J connectivity index is 0.000000202. The lowest BCUT2D eigenvalue weighted by atomic mass is 10.1. The van der Waals surface area contributed by atoms with Crippen molar-refractivity contribution in [2.75, 3.05) is 19.6 Å². The average molecular weight is 616 g/mol. The number of hydrogen-bond donors (Lipinski definition) is 0. The number of rotatable bonds is 7. The fraction of sp³-hybridized carbons (Fsp3) is 0.258. The molecule has 0 N–H and O–H groups in total. The number of carbonyl (C=O) groups is 1. The summed E-state index contributed by atoms with van der Waals surface area (Å²) in [4.78, 5) is 25.1. The standard InChI is InChI=1S/C21H22N4O2.C10H9BrN2O/c1-16-22-21(23-27-16)19-9-5-8-18(12-19)13-24-10-11-25(20(26)15-24)14-17-6-3-2-4-7-17;1-7-12-10(13-14-7)9-4-2-3-8(5-9)6-11/h2-9,12H,10-11,13-15H2,1H3;2-5H,6H2,1H3. The first-order valence-corrected chi connectivity index (χ1v) is 14.5. The van der Waals surface area contributed by atoms with Crippen molar-refractivity contribution in [2.24, 2.45) is 0 Å². The lowest BCUT2D eigenvalue weighted by molar-refractivity contribution is -0.136. The van der Waals surface area contributed by atoms with E-state index < -0.39 is 0 Å².